The maximum Gasteiger partial charge on any atom is 0.119 e. The smallest absolute Gasteiger partial charge is 0.119 e. The second-order valence-electron chi connectivity index (χ2n) is 3.52. The van der Waals surface area contributed by atoms with Gasteiger partial charge in [0.1, 0.15) is 5.75 Å². The molecule has 0 fully saturated rings. The highest BCUT2D eigenvalue weighted by Gasteiger charge is 1.98. The first kappa shape index (κ1) is 9.99. The molecule has 0 heterocycles. The minimum Gasteiger partial charge on any atom is -0.497 e. The van der Waals surface area contributed by atoms with Crippen LogP contribution in [0.15, 0.2) is 36.4 Å². The van der Waals surface area contributed by atoms with Crippen molar-refractivity contribution in [1.82, 2.24) is 0 Å². The lowest BCUT2D eigenvalue weighted by molar-refractivity contribution is 0.299. The SMILES string of the molecule is COc1ccc2cc(CCO)ccc2c1. The van der Waals surface area contributed by atoms with Gasteiger partial charge in [-0.3, -0.25) is 0 Å². The van der Waals surface area contributed by atoms with Crippen LogP contribution >= 0.6 is 0 Å². The van der Waals surface area contributed by atoms with Crippen LogP contribution in [0.3, 0.4) is 0 Å². The van der Waals surface area contributed by atoms with Gasteiger partial charge in [-0.1, -0.05) is 24.3 Å². The van der Waals surface area contributed by atoms with Crippen molar-refractivity contribution in [3.05, 3.63) is 42.0 Å². The number of ether oxygens (including phenoxy) is 1. The molecule has 0 atom stereocenters. The Labute approximate surface area is 89.1 Å². The Hall–Kier alpha value is -1.54. The van der Waals surface area contributed by atoms with Gasteiger partial charge in [-0.2, -0.15) is 0 Å². The topological polar surface area (TPSA) is 29.5 Å². The summed E-state index contributed by atoms with van der Waals surface area (Å²) in [7, 11) is 1.67. The molecule has 0 radical (unpaired) electrons. The van der Waals surface area contributed by atoms with Gasteiger partial charge >= 0.3 is 0 Å². The van der Waals surface area contributed by atoms with Gasteiger partial charge in [0.15, 0.2) is 0 Å². The molecule has 2 rings (SSSR count). The quantitative estimate of drug-likeness (QED) is 0.828. The number of aliphatic hydroxyl groups is 1. The second kappa shape index (κ2) is 4.32. The maximum absolute atomic E-state index is 8.85. The summed E-state index contributed by atoms with van der Waals surface area (Å²) in [5.41, 5.74) is 1.16. The van der Waals surface area contributed by atoms with Crippen LogP contribution in [0.25, 0.3) is 10.8 Å². The van der Waals surface area contributed by atoms with Crippen molar-refractivity contribution in [2.24, 2.45) is 0 Å². The molecule has 0 aliphatic heterocycles. The van der Waals surface area contributed by atoms with Crippen LogP contribution in [0.4, 0.5) is 0 Å². The molecule has 0 aliphatic carbocycles. The van der Waals surface area contributed by atoms with Crippen LogP contribution < -0.4 is 4.74 Å². The number of benzene rings is 2. The van der Waals surface area contributed by atoms with E-state index in [2.05, 4.69) is 12.1 Å². The van der Waals surface area contributed by atoms with E-state index in [1.807, 2.05) is 24.3 Å². The van der Waals surface area contributed by atoms with Gasteiger partial charge in [-0.05, 0) is 34.9 Å². The predicted octanol–water partition coefficient (Wildman–Crippen LogP) is 2.38. The summed E-state index contributed by atoms with van der Waals surface area (Å²) in [4.78, 5) is 0. The molecule has 2 aromatic rings. The van der Waals surface area contributed by atoms with E-state index in [-0.39, 0.29) is 6.61 Å². The van der Waals surface area contributed by atoms with Gasteiger partial charge in [0.2, 0.25) is 0 Å². The fourth-order valence-electron chi connectivity index (χ4n) is 1.68. The van der Waals surface area contributed by atoms with E-state index in [1.54, 1.807) is 7.11 Å². The molecular formula is C13H14O2. The summed E-state index contributed by atoms with van der Waals surface area (Å²) in [6, 6.07) is 12.2. The van der Waals surface area contributed by atoms with Crippen molar-refractivity contribution in [3.8, 4) is 5.75 Å². The monoisotopic (exact) mass is 202 g/mol. The van der Waals surface area contributed by atoms with Crippen LogP contribution in [0.2, 0.25) is 0 Å². The zero-order valence-corrected chi connectivity index (χ0v) is 8.73. The van der Waals surface area contributed by atoms with E-state index in [1.165, 1.54) is 5.39 Å². The van der Waals surface area contributed by atoms with Gasteiger partial charge in [-0.25, -0.2) is 0 Å². The molecule has 2 nitrogen and oxygen atoms in total. The van der Waals surface area contributed by atoms with Crippen molar-refractivity contribution >= 4 is 10.8 Å². The average molecular weight is 202 g/mol. The summed E-state index contributed by atoms with van der Waals surface area (Å²) < 4.78 is 5.16. The Bertz CT molecular complexity index is 463. The number of aliphatic hydroxyl groups excluding tert-OH is 1. The molecule has 0 saturated heterocycles. The Morgan fingerprint density at radius 2 is 1.80 bits per heavy atom. The Balaban J connectivity index is 2.45. The third-order valence-corrected chi connectivity index (χ3v) is 2.51. The summed E-state index contributed by atoms with van der Waals surface area (Å²) in [5.74, 6) is 0.873. The number of hydrogen-bond donors (Lipinski definition) is 1. The standard InChI is InChI=1S/C13H14O2/c1-15-13-5-4-11-8-10(6-7-14)2-3-12(11)9-13/h2-5,8-9,14H,6-7H2,1H3. The third-order valence-electron chi connectivity index (χ3n) is 2.51. The van der Waals surface area contributed by atoms with E-state index >= 15 is 0 Å². The number of methoxy groups -OCH3 is 1. The van der Waals surface area contributed by atoms with E-state index < -0.39 is 0 Å². The molecular weight excluding hydrogens is 188 g/mol. The van der Waals surface area contributed by atoms with E-state index in [0.717, 1.165) is 16.7 Å². The summed E-state index contributed by atoms with van der Waals surface area (Å²) in [6.45, 7) is 0.196. The lowest BCUT2D eigenvalue weighted by Gasteiger charge is -2.04. The largest absolute Gasteiger partial charge is 0.497 e. The minimum atomic E-state index is 0.196. The van der Waals surface area contributed by atoms with Crippen LogP contribution in [-0.4, -0.2) is 18.8 Å². The van der Waals surface area contributed by atoms with E-state index in [4.69, 9.17) is 9.84 Å². The van der Waals surface area contributed by atoms with Crippen molar-refractivity contribution in [3.63, 3.8) is 0 Å². The zero-order chi connectivity index (χ0) is 10.7. The van der Waals surface area contributed by atoms with E-state index in [9.17, 15) is 0 Å². The van der Waals surface area contributed by atoms with Crippen molar-refractivity contribution in [2.75, 3.05) is 13.7 Å². The fourth-order valence-corrected chi connectivity index (χ4v) is 1.68. The van der Waals surface area contributed by atoms with Gasteiger partial charge in [0, 0.05) is 6.61 Å². The molecule has 0 bridgehead atoms. The number of hydrogen-bond acceptors (Lipinski definition) is 2. The molecule has 0 aromatic heterocycles. The molecule has 78 valence electrons. The maximum atomic E-state index is 8.85. The van der Waals surface area contributed by atoms with Crippen molar-refractivity contribution in [1.29, 1.82) is 0 Å². The first-order valence-electron chi connectivity index (χ1n) is 5.01. The molecule has 2 heteroatoms. The van der Waals surface area contributed by atoms with Crippen LogP contribution in [0.5, 0.6) is 5.75 Å². The van der Waals surface area contributed by atoms with Gasteiger partial charge < -0.3 is 9.84 Å². The lowest BCUT2D eigenvalue weighted by Crippen LogP contribution is -1.90. The van der Waals surface area contributed by atoms with Crippen LogP contribution in [-0.2, 0) is 6.42 Å². The predicted molar refractivity (Wildman–Crippen MR) is 61.3 cm³/mol. The Kier molecular flexibility index (Phi) is 2.88. The molecule has 0 saturated carbocycles. The minimum absolute atomic E-state index is 0.196. The summed E-state index contributed by atoms with van der Waals surface area (Å²) in [6.07, 6.45) is 0.710. The average Bonchev–Trinajstić information content (AvgIpc) is 2.29. The molecule has 2 aromatic carbocycles. The van der Waals surface area contributed by atoms with Gasteiger partial charge in [0.25, 0.3) is 0 Å². The first-order valence-corrected chi connectivity index (χ1v) is 5.01. The second-order valence-corrected chi connectivity index (χ2v) is 3.52. The summed E-state index contributed by atoms with van der Waals surface area (Å²) >= 11 is 0. The van der Waals surface area contributed by atoms with Gasteiger partial charge in [0.05, 0.1) is 7.11 Å². The molecule has 0 spiro atoms. The molecule has 0 aliphatic rings. The highest BCUT2D eigenvalue weighted by atomic mass is 16.5. The van der Waals surface area contributed by atoms with E-state index in [0.29, 0.717) is 6.42 Å². The van der Waals surface area contributed by atoms with Crippen LogP contribution in [0, 0.1) is 0 Å². The van der Waals surface area contributed by atoms with Crippen LogP contribution in [0.1, 0.15) is 5.56 Å². The normalized spacial score (nSPS) is 10.5. The molecule has 15 heavy (non-hydrogen) atoms. The Morgan fingerprint density at radius 1 is 1.07 bits per heavy atom. The van der Waals surface area contributed by atoms with Crippen molar-refractivity contribution in [2.45, 2.75) is 6.42 Å². The molecule has 0 unspecified atom stereocenters. The van der Waals surface area contributed by atoms with Crippen molar-refractivity contribution < 1.29 is 9.84 Å². The Morgan fingerprint density at radius 3 is 2.53 bits per heavy atom. The highest BCUT2D eigenvalue weighted by molar-refractivity contribution is 5.84. The fraction of sp³-hybridized carbons (Fsp3) is 0.231. The first-order chi connectivity index (χ1) is 7.33. The van der Waals surface area contributed by atoms with Gasteiger partial charge in [-0.15, -0.1) is 0 Å². The zero-order valence-electron chi connectivity index (χ0n) is 8.73. The number of fused-ring (bicyclic) bond motifs is 1. The number of rotatable bonds is 3. The third kappa shape index (κ3) is 2.10. The molecule has 1 N–H and O–H groups in total. The lowest BCUT2D eigenvalue weighted by atomic mass is 10.1. The summed E-state index contributed by atoms with van der Waals surface area (Å²) in [5, 5.41) is 11.2. The molecule has 0 amide bonds. The highest BCUT2D eigenvalue weighted by Crippen LogP contribution is 2.21.